The molecule has 0 radical (unpaired) electrons. The second kappa shape index (κ2) is 6.31. The van der Waals surface area contributed by atoms with Crippen molar-refractivity contribution in [3.63, 3.8) is 0 Å². The van der Waals surface area contributed by atoms with E-state index in [4.69, 9.17) is 0 Å². The third-order valence-electron chi connectivity index (χ3n) is 3.32. The molecule has 1 nitrogen and oxygen atoms in total. The first-order valence-corrected chi connectivity index (χ1v) is 7.01. The van der Waals surface area contributed by atoms with E-state index in [2.05, 4.69) is 15.9 Å². The molecule has 0 bridgehead atoms. The van der Waals surface area contributed by atoms with Crippen molar-refractivity contribution in [1.82, 2.24) is 0 Å². The summed E-state index contributed by atoms with van der Waals surface area (Å²) in [4.78, 5) is 0. The number of hydrogen-bond donors (Lipinski definition) is 1. The largest absolute Gasteiger partial charge is 0.396 e. The molecule has 0 heterocycles. The molecule has 0 fully saturated rings. The van der Waals surface area contributed by atoms with Crippen molar-refractivity contribution in [3.8, 4) is 0 Å². The van der Waals surface area contributed by atoms with Crippen LogP contribution in [0.15, 0.2) is 46.9 Å². The van der Waals surface area contributed by atoms with E-state index in [1.807, 2.05) is 31.2 Å². The molecule has 1 unspecified atom stereocenters. The summed E-state index contributed by atoms with van der Waals surface area (Å²) in [6.45, 7) is 2.02. The van der Waals surface area contributed by atoms with Crippen LogP contribution in [0.2, 0.25) is 0 Å². The minimum atomic E-state index is -0.227. The van der Waals surface area contributed by atoms with Crippen LogP contribution in [0.4, 0.5) is 4.39 Å². The van der Waals surface area contributed by atoms with Gasteiger partial charge in [-0.15, -0.1) is 0 Å². The van der Waals surface area contributed by atoms with Crippen molar-refractivity contribution < 1.29 is 9.50 Å². The molecule has 0 amide bonds. The highest BCUT2D eigenvalue weighted by atomic mass is 79.9. The van der Waals surface area contributed by atoms with E-state index in [1.165, 1.54) is 6.07 Å². The molecule has 0 saturated carbocycles. The van der Waals surface area contributed by atoms with Gasteiger partial charge in [-0.05, 0) is 48.2 Å². The van der Waals surface area contributed by atoms with Gasteiger partial charge < -0.3 is 5.11 Å². The van der Waals surface area contributed by atoms with Gasteiger partial charge in [0.05, 0.1) is 6.61 Å². The summed E-state index contributed by atoms with van der Waals surface area (Å²) in [5.74, 6) is -0.305. The zero-order valence-corrected chi connectivity index (χ0v) is 12.3. The standard InChI is InChI=1S/C16H16BrFO/c1-11-4-2-3-5-15(11)13(10-19)8-12-9-14(17)6-7-16(12)18/h2-7,9,13,19H,8,10H2,1H3. The van der Waals surface area contributed by atoms with Crippen LogP contribution in [-0.4, -0.2) is 11.7 Å². The normalized spacial score (nSPS) is 12.4. The van der Waals surface area contributed by atoms with Gasteiger partial charge in [0, 0.05) is 10.4 Å². The molecule has 19 heavy (non-hydrogen) atoms. The lowest BCUT2D eigenvalue weighted by atomic mass is 9.90. The Kier molecular flexibility index (Phi) is 4.72. The first kappa shape index (κ1) is 14.2. The molecule has 3 heteroatoms. The summed E-state index contributed by atoms with van der Waals surface area (Å²) in [6, 6.07) is 12.8. The number of rotatable bonds is 4. The monoisotopic (exact) mass is 322 g/mol. The maximum absolute atomic E-state index is 13.8. The molecular weight excluding hydrogens is 307 g/mol. The van der Waals surface area contributed by atoms with Gasteiger partial charge in [-0.25, -0.2) is 4.39 Å². The highest BCUT2D eigenvalue weighted by Gasteiger charge is 2.15. The molecule has 0 aliphatic heterocycles. The van der Waals surface area contributed by atoms with Gasteiger partial charge in [0.1, 0.15) is 5.82 Å². The predicted molar refractivity (Wildman–Crippen MR) is 78.8 cm³/mol. The lowest BCUT2D eigenvalue weighted by Gasteiger charge is -2.17. The minimum absolute atomic E-state index is 0.0107. The number of aryl methyl sites for hydroxylation is 1. The van der Waals surface area contributed by atoms with Crippen molar-refractivity contribution in [2.45, 2.75) is 19.3 Å². The van der Waals surface area contributed by atoms with Gasteiger partial charge in [0.2, 0.25) is 0 Å². The molecule has 1 N–H and O–H groups in total. The maximum atomic E-state index is 13.8. The topological polar surface area (TPSA) is 20.2 Å². The summed E-state index contributed by atoms with van der Waals surface area (Å²) in [5.41, 5.74) is 2.82. The molecule has 2 aromatic rings. The maximum Gasteiger partial charge on any atom is 0.126 e. The van der Waals surface area contributed by atoms with Crippen molar-refractivity contribution in [2.24, 2.45) is 0 Å². The fraction of sp³-hybridized carbons (Fsp3) is 0.250. The van der Waals surface area contributed by atoms with Gasteiger partial charge in [-0.3, -0.25) is 0 Å². The van der Waals surface area contributed by atoms with E-state index >= 15 is 0 Å². The highest BCUT2D eigenvalue weighted by Crippen LogP contribution is 2.26. The van der Waals surface area contributed by atoms with Gasteiger partial charge in [0.25, 0.3) is 0 Å². The summed E-state index contributed by atoms with van der Waals surface area (Å²) in [5, 5.41) is 9.59. The van der Waals surface area contributed by atoms with Crippen LogP contribution in [0, 0.1) is 12.7 Å². The Bertz CT molecular complexity index is 568. The van der Waals surface area contributed by atoms with E-state index in [0.29, 0.717) is 12.0 Å². The predicted octanol–water partition coefficient (Wildman–Crippen LogP) is 4.22. The zero-order valence-electron chi connectivity index (χ0n) is 10.7. The Morgan fingerprint density at radius 1 is 1.21 bits per heavy atom. The molecule has 0 aliphatic rings. The van der Waals surface area contributed by atoms with E-state index in [-0.39, 0.29) is 18.3 Å². The van der Waals surface area contributed by atoms with Crippen LogP contribution in [0.1, 0.15) is 22.6 Å². The number of hydrogen-bond acceptors (Lipinski definition) is 1. The lowest BCUT2D eigenvalue weighted by Crippen LogP contribution is -2.10. The van der Waals surface area contributed by atoms with Gasteiger partial charge >= 0.3 is 0 Å². The third kappa shape index (κ3) is 3.43. The van der Waals surface area contributed by atoms with Crippen LogP contribution in [0.25, 0.3) is 0 Å². The highest BCUT2D eigenvalue weighted by molar-refractivity contribution is 9.10. The van der Waals surface area contributed by atoms with E-state index in [1.54, 1.807) is 12.1 Å². The Hall–Kier alpha value is -1.19. The fourth-order valence-corrected chi connectivity index (χ4v) is 2.69. The van der Waals surface area contributed by atoms with E-state index in [9.17, 15) is 9.50 Å². The minimum Gasteiger partial charge on any atom is -0.396 e. The summed E-state index contributed by atoms with van der Waals surface area (Å²) >= 11 is 3.35. The second-order valence-electron chi connectivity index (χ2n) is 4.68. The van der Waals surface area contributed by atoms with Crippen molar-refractivity contribution in [1.29, 1.82) is 0 Å². The summed E-state index contributed by atoms with van der Waals surface area (Å²) < 4.78 is 14.6. The Labute approximate surface area is 121 Å². The number of halogens is 2. The molecule has 1 atom stereocenters. The first-order valence-electron chi connectivity index (χ1n) is 6.22. The van der Waals surface area contributed by atoms with Crippen molar-refractivity contribution in [2.75, 3.05) is 6.61 Å². The molecule has 0 spiro atoms. The van der Waals surface area contributed by atoms with Crippen molar-refractivity contribution in [3.05, 3.63) is 69.4 Å². The van der Waals surface area contributed by atoms with Crippen LogP contribution < -0.4 is 0 Å². The van der Waals surface area contributed by atoms with Gasteiger partial charge in [0.15, 0.2) is 0 Å². The summed E-state index contributed by atoms with van der Waals surface area (Å²) in [6.07, 6.45) is 0.493. The average Bonchev–Trinajstić information content (AvgIpc) is 2.41. The molecule has 0 aromatic heterocycles. The van der Waals surface area contributed by atoms with E-state index < -0.39 is 0 Å². The molecule has 2 rings (SSSR count). The van der Waals surface area contributed by atoms with Gasteiger partial charge in [-0.2, -0.15) is 0 Å². The van der Waals surface area contributed by atoms with Crippen LogP contribution in [-0.2, 0) is 6.42 Å². The Morgan fingerprint density at radius 3 is 2.63 bits per heavy atom. The number of benzene rings is 2. The van der Waals surface area contributed by atoms with Crippen LogP contribution >= 0.6 is 15.9 Å². The van der Waals surface area contributed by atoms with E-state index in [0.717, 1.165) is 15.6 Å². The van der Waals surface area contributed by atoms with Crippen molar-refractivity contribution >= 4 is 15.9 Å². The quantitative estimate of drug-likeness (QED) is 0.893. The Balaban J connectivity index is 2.29. The third-order valence-corrected chi connectivity index (χ3v) is 3.82. The number of aliphatic hydroxyl groups excluding tert-OH is 1. The molecular formula is C16H16BrFO. The number of aliphatic hydroxyl groups is 1. The SMILES string of the molecule is Cc1ccccc1C(CO)Cc1cc(Br)ccc1F. The van der Waals surface area contributed by atoms with Crippen LogP contribution in [0.3, 0.4) is 0 Å². The lowest BCUT2D eigenvalue weighted by molar-refractivity contribution is 0.263. The molecule has 0 saturated heterocycles. The first-order chi connectivity index (χ1) is 9.11. The smallest absolute Gasteiger partial charge is 0.126 e. The molecule has 0 aliphatic carbocycles. The van der Waals surface area contributed by atoms with Crippen LogP contribution in [0.5, 0.6) is 0 Å². The average molecular weight is 323 g/mol. The second-order valence-corrected chi connectivity index (χ2v) is 5.59. The molecule has 100 valence electrons. The van der Waals surface area contributed by atoms with Gasteiger partial charge in [-0.1, -0.05) is 40.2 Å². The fourth-order valence-electron chi connectivity index (χ4n) is 2.28. The Morgan fingerprint density at radius 2 is 1.95 bits per heavy atom. The summed E-state index contributed by atoms with van der Waals surface area (Å²) in [7, 11) is 0. The zero-order chi connectivity index (χ0) is 13.8. The molecule has 2 aromatic carbocycles.